The number of hydrogen-bond acceptors (Lipinski definition) is 3. The third-order valence-electron chi connectivity index (χ3n) is 6.02. The highest BCUT2D eigenvalue weighted by Crippen LogP contribution is 2.30. The molecule has 0 radical (unpaired) electrons. The first-order valence-corrected chi connectivity index (χ1v) is 10.7. The van der Waals surface area contributed by atoms with Crippen molar-refractivity contribution in [3.63, 3.8) is 0 Å². The van der Waals surface area contributed by atoms with Crippen molar-refractivity contribution in [2.45, 2.75) is 33.7 Å². The largest absolute Gasteiger partial charge is 0.345 e. The summed E-state index contributed by atoms with van der Waals surface area (Å²) in [6.45, 7) is 7.41. The van der Waals surface area contributed by atoms with E-state index < -0.39 is 0 Å². The fraction of sp³-hybridized carbons (Fsp3) is 0.400. The van der Waals surface area contributed by atoms with Gasteiger partial charge in [0, 0.05) is 51.4 Å². The average Bonchev–Trinajstić information content (AvgIpc) is 3.14. The molecule has 1 atom stereocenters. The number of amides is 3. The minimum absolute atomic E-state index is 0.00268. The molecule has 6 nitrogen and oxygen atoms in total. The monoisotopic (exact) mass is 421 g/mol. The minimum atomic E-state index is -0.345. The third kappa shape index (κ3) is 4.79. The van der Waals surface area contributed by atoms with Crippen LogP contribution < -0.4 is 4.90 Å². The highest BCUT2D eigenvalue weighted by Gasteiger charge is 2.37. The van der Waals surface area contributed by atoms with Crippen LogP contribution in [-0.4, -0.2) is 54.7 Å². The Hall–Kier alpha value is -3.15. The molecule has 0 saturated carbocycles. The molecule has 1 aliphatic rings. The third-order valence-corrected chi connectivity index (χ3v) is 6.02. The van der Waals surface area contributed by atoms with Crippen molar-refractivity contribution in [1.82, 2.24) is 9.80 Å². The van der Waals surface area contributed by atoms with Crippen LogP contribution >= 0.6 is 0 Å². The Kier molecular flexibility index (Phi) is 6.78. The summed E-state index contributed by atoms with van der Waals surface area (Å²) >= 11 is 0. The fourth-order valence-electron chi connectivity index (χ4n) is 3.97. The van der Waals surface area contributed by atoms with Crippen molar-refractivity contribution >= 4 is 23.4 Å². The number of carbonyl (C=O) groups excluding carboxylic acids is 3. The first-order valence-electron chi connectivity index (χ1n) is 10.7. The van der Waals surface area contributed by atoms with Gasteiger partial charge >= 0.3 is 0 Å². The second-order valence-electron chi connectivity index (χ2n) is 8.37. The van der Waals surface area contributed by atoms with Crippen molar-refractivity contribution in [3.05, 3.63) is 64.7 Å². The molecule has 31 heavy (non-hydrogen) atoms. The molecule has 0 aromatic heterocycles. The first kappa shape index (κ1) is 22.5. The lowest BCUT2D eigenvalue weighted by Crippen LogP contribution is -2.37. The minimum Gasteiger partial charge on any atom is -0.345 e. The van der Waals surface area contributed by atoms with E-state index in [1.54, 1.807) is 36.0 Å². The van der Waals surface area contributed by atoms with Gasteiger partial charge in [0.2, 0.25) is 11.8 Å². The zero-order chi connectivity index (χ0) is 22.7. The lowest BCUT2D eigenvalue weighted by atomic mass is 10.1. The van der Waals surface area contributed by atoms with Crippen LogP contribution in [0.5, 0.6) is 0 Å². The molecular weight excluding hydrogens is 390 g/mol. The maximum absolute atomic E-state index is 13.2. The van der Waals surface area contributed by atoms with Crippen molar-refractivity contribution < 1.29 is 14.4 Å². The lowest BCUT2D eigenvalue weighted by Gasteiger charge is -2.25. The average molecular weight is 422 g/mol. The molecule has 0 aliphatic carbocycles. The maximum atomic E-state index is 13.2. The maximum Gasteiger partial charge on any atom is 0.253 e. The number of aryl methyl sites for hydroxylation is 1. The Labute approximate surface area is 184 Å². The van der Waals surface area contributed by atoms with Crippen molar-refractivity contribution in [2.75, 3.05) is 32.1 Å². The van der Waals surface area contributed by atoms with E-state index >= 15 is 0 Å². The molecule has 0 spiro atoms. The SMILES string of the molecule is CCN(Cc1ccc(C(=O)N(C)C)cc1)C(=O)C1CC(=O)N(c2cccc(C)c2C)C1. The molecule has 164 valence electrons. The Balaban J connectivity index is 1.70. The van der Waals surface area contributed by atoms with Gasteiger partial charge in [0.05, 0.1) is 5.92 Å². The summed E-state index contributed by atoms with van der Waals surface area (Å²) in [6.07, 6.45) is 0.235. The van der Waals surface area contributed by atoms with Gasteiger partial charge in [-0.1, -0.05) is 24.3 Å². The van der Waals surface area contributed by atoms with Gasteiger partial charge in [0.1, 0.15) is 0 Å². The predicted molar refractivity (Wildman–Crippen MR) is 122 cm³/mol. The quantitative estimate of drug-likeness (QED) is 0.718. The van der Waals surface area contributed by atoms with Gasteiger partial charge in [-0.3, -0.25) is 14.4 Å². The summed E-state index contributed by atoms with van der Waals surface area (Å²) in [4.78, 5) is 43.0. The van der Waals surface area contributed by atoms with Crippen molar-refractivity contribution in [3.8, 4) is 0 Å². The van der Waals surface area contributed by atoms with Crippen LogP contribution in [0.1, 0.15) is 40.4 Å². The van der Waals surface area contributed by atoms with Crippen LogP contribution in [0.3, 0.4) is 0 Å². The topological polar surface area (TPSA) is 60.9 Å². The molecule has 1 unspecified atom stereocenters. The van der Waals surface area contributed by atoms with E-state index in [4.69, 9.17) is 0 Å². The highest BCUT2D eigenvalue weighted by atomic mass is 16.2. The molecule has 6 heteroatoms. The van der Waals surface area contributed by atoms with E-state index in [9.17, 15) is 14.4 Å². The van der Waals surface area contributed by atoms with Crippen LogP contribution in [-0.2, 0) is 16.1 Å². The zero-order valence-corrected chi connectivity index (χ0v) is 19.0. The molecule has 3 amide bonds. The van der Waals surface area contributed by atoms with Gasteiger partial charge in [0.15, 0.2) is 0 Å². The molecule has 2 aromatic carbocycles. The summed E-state index contributed by atoms with van der Waals surface area (Å²) in [5, 5.41) is 0. The summed E-state index contributed by atoms with van der Waals surface area (Å²) in [6, 6.07) is 13.3. The number of carbonyl (C=O) groups is 3. The van der Waals surface area contributed by atoms with Gasteiger partial charge in [-0.25, -0.2) is 0 Å². The smallest absolute Gasteiger partial charge is 0.253 e. The number of nitrogens with zero attached hydrogens (tertiary/aromatic N) is 3. The van der Waals surface area contributed by atoms with Gasteiger partial charge < -0.3 is 14.7 Å². The molecule has 2 aromatic rings. The Morgan fingerprint density at radius 3 is 2.35 bits per heavy atom. The van der Waals surface area contributed by atoms with Crippen LogP contribution in [0, 0.1) is 19.8 Å². The molecule has 0 bridgehead atoms. The Morgan fingerprint density at radius 1 is 1.06 bits per heavy atom. The predicted octanol–water partition coefficient (Wildman–Crippen LogP) is 3.41. The molecule has 1 heterocycles. The van der Waals surface area contributed by atoms with E-state index in [-0.39, 0.29) is 30.1 Å². The molecule has 1 fully saturated rings. The van der Waals surface area contributed by atoms with Crippen LogP contribution in [0.4, 0.5) is 5.69 Å². The van der Waals surface area contributed by atoms with Gasteiger partial charge in [-0.15, -0.1) is 0 Å². The summed E-state index contributed by atoms with van der Waals surface area (Å²) in [7, 11) is 3.44. The number of anilines is 1. The number of benzene rings is 2. The van der Waals surface area contributed by atoms with Crippen molar-refractivity contribution in [1.29, 1.82) is 0 Å². The second-order valence-corrected chi connectivity index (χ2v) is 8.37. The van der Waals surface area contributed by atoms with E-state index in [0.717, 1.165) is 22.4 Å². The number of hydrogen-bond donors (Lipinski definition) is 0. The van der Waals surface area contributed by atoms with Gasteiger partial charge in [-0.05, 0) is 55.7 Å². The Bertz CT molecular complexity index is 982. The van der Waals surface area contributed by atoms with Gasteiger partial charge in [0.25, 0.3) is 5.91 Å². The van der Waals surface area contributed by atoms with Gasteiger partial charge in [-0.2, -0.15) is 0 Å². The standard InChI is InChI=1S/C25H31N3O3/c1-6-27(15-19-10-12-20(13-11-19)24(30)26(4)5)25(31)21-14-23(29)28(16-21)22-9-7-8-17(2)18(22)3/h7-13,21H,6,14-16H2,1-5H3. The molecule has 1 aliphatic heterocycles. The van der Waals surface area contributed by atoms with Crippen molar-refractivity contribution in [2.24, 2.45) is 5.92 Å². The summed E-state index contributed by atoms with van der Waals surface area (Å²) in [5.74, 6) is -0.403. The normalized spacial score (nSPS) is 15.8. The summed E-state index contributed by atoms with van der Waals surface area (Å²) in [5.41, 5.74) is 4.68. The van der Waals surface area contributed by atoms with E-state index in [1.165, 1.54) is 4.90 Å². The summed E-state index contributed by atoms with van der Waals surface area (Å²) < 4.78 is 0. The highest BCUT2D eigenvalue weighted by molar-refractivity contribution is 6.01. The molecule has 1 saturated heterocycles. The molecule has 3 rings (SSSR count). The van der Waals surface area contributed by atoms with E-state index in [1.807, 2.05) is 51.1 Å². The van der Waals surface area contributed by atoms with Crippen LogP contribution in [0.15, 0.2) is 42.5 Å². The fourth-order valence-corrected chi connectivity index (χ4v) is 3.97. The lowest BCUT2D eigenvalue weighted by molar-refractivity contribution is -0.136. The second kappa shape index (κ2) is 9.33. The molecular formula is C25H31N3O3. The van der Waals surface area contributed by atoms with E-state index in [2.05, 4.69) is 0 Å². The zero-order valence-electron chi connectivity index (χ0n) is 19.0. The first-order chi connectivity index (χ1) is 14.7. The Morgan fingerprint density at radius 2 is 1.74 bits per heavy atom. The number of rotatable bonds is 6. The van der Waals surface area contributed by atoms with Crippen LogP contribution in [0.2, 0.25) is 0 Å². The van der Waals surface area contributed by atoms with Crippen LogP contribution in [0.25, 0.3) is 0 Å². The van der Waals surface area contributed by atoms with E-state index in [0.29, 0.717) is 25.2 Å². The molecule has 0 N–H and O–H groups in total.